The molecule has 2 saturated heterocycles. The Labute approximate surface area is 125 Å². The highest BCUT2D eigenvalue weighted by molar-refractivity contribution is 6.34. The molecule has 5 nitrogen and oxygen atoms in total. The summed E-state index contributed by atoms with van der Waals surface area (Å²) in [5, 5.41) is 9.86. The number of rotatable bonds is 2. The fourth-order valence-corrected chi connectivity index (χ4v) is 3.89. The Kier molecular flexibility index (Phi) is 2.50. The molecule has 1 spiro atoms. The molecule has 1 aromatic rings. The van der Waals surface area contributed by atoms with Crippen LogP contribution in [0.3, 0.4) is 0 Å². The normalized spacial score (nSPS) is 36.3. The van der Waals surface area contributed by atoms with Crippen LogP contribution in [-0.2, 0) is 14.3 Å². The first-order valence-corrected chi connectivity index (χ1v) is 7.07. The van der Waals surface area contributed by atoms with Crippen LogP contribution in [0, 0.1) is 11.8 Å². The number of benzene rings is 1. The summed E-state index contributed by atoms with van der Waals surface area (Å²) in [4.78, 5) is 25.7. The van der Waals surface area contributed by atoms with Gasteiger partial charge in [-0.05, 0) is 12.1 Å². The number of carboxylic acid groups (broad SMARTS) is 1. The minimum Gasteiger partial charge on any atom is -0.481 e. The average Bonchev–Trinajstić information content (AvgIpc) is 3.08. The second-order valence-electron chi connectivity index (χ2n) is 5.61. The Morgan fingerprint density at radius 2 is 2.19 bits per heavy atom. The molecule has 1 N–H and O–H groups in total. The molecule has 21 heavy (non-hydrogen) atoms. The van der Waals surface area contributed by atoms with Crippen molar-refractivity contribution in [3.05, 3.63) is 41.4 Å². The molecule has 4 unspecified atom stereocenters. The SMILES string of the molecule is O=C(O)C1C2C=CC3(CN(c4ccccc4Cl)C(=O)C13)O2. The van der Waals surface area contributed by atoms with Gasteiger partial charge in [-0.1, -0.05) is 35.9 Å². The molecule has 0 radical (unpaired) electrons. The van der Waals surface area contributed by atoms with Crippen LogP contribution >= 0.6 is 11.6 Å². The number of nitrogens with zero attached hydrogens (tertiary/aromatic N) is 1. The quantitative estimate of drug-likeness (QED) is 0.845. The zero-order valence-electron chi connectivity index (χ0n) is 10.9. The van der Waals surface area contributed by atoms with Crippen molar-refractivity contribution in [1.82, 2.24) is 0 Å². The van der Waals surface area contributed by atoms with Gasteiger partial charge in [0.1, 0.15) is 11.5 Å². The Balaban J connectivity index is 1.78. The zero-order valence-corrected chi connectivity index (χ0v) is 11.7. The van der Waals surface area contributed by atoms with Crippen molar-refractivity contribution in [3.63, 3.8) is 0 Å². The van der Waals surface area contributed by atoms with Crippen LogP contribution in [0.1, 0.15) is 0 Å². The molecule has 6 heteroatoms. The van der Waals surface area contributed by atoms with Crippen LogP contribution in [-0.4, -0.2) is 35.2 Å². The smallest absolute Gasteiger partial charge is 0.310 e. The van der Waals surface area contributed by atoms with Crippen molar-refractivity contribution in [2.24, 2.45) is 11.8 Å². The molecule has 2 bridgehead atoms. The second-order valence-corrected chi connectivity index (χ2v) is 6.02. The number of carbonyl (C=O) groups is 2. The van der Waals surface area contributed by atoms with E-state index in [1.165, 1.54) is 4.90 Å². The molecule has 2 fully saturated rings. The summed E-state index contributed by atoms with van der Waals surface area (Å²) >= 11 is 6.16. The first-order chi connectivity index (χ1) is 10.0. The Bertz CT molecular complexity index is 688. The number of hydrogen-bond donors (Lipinski definition) is 1. The third-order valence-corrected chi connectivity index (χ3v) is 4.85. The van der Waals surface area contributed by atoms with Crippen LogP contribution in [0.4, 0.5) is 5.69 Å². The Morgan fingerprint density at radius 3 is 2.90 bits per heavy atom. The molecular formula is C15H12ClNO4. The third-order valence-electron chi connectivity index (χ3n) is 4.53. The summed E-state index contributed by atoms with van der Waals surface area (Å²) in [6.45, 7) is 0.303. The highest BCUT2D eigenvalue weighted by Crippen LogP contribution is 2.53. The van der Waals surface area contributed by atoms with Crippen molar-refractivity contribution in [2.75, 3.05) is 11.4 Å². The van der Waals surface area contributed by atoms with E-state index in [4.69, 9.17) is 16.3 Å². The van der Waals surface area contributed by atoms with Gasteiger partial charge in [0, 0.05) is 0 Å². The average molecular weight is 306 g/mol. The van der Waals surface area contributed by atoms with Crippen LogP contribution in [0.25, 0.3) is 0 Å². The summed E-state index contributed by atoms with van der Waals surface area (Å²) in [6.07, 6.45) is 3.07. The summed E-state index contributed by atoms with van der Waals surface area (Å²) < 4.78 is 5.82. The molecule has 3 heterocycles. The zero-order chi connectivity index (χ0) is 14.8. The maximum atomic E-state index is 12.7. The number of carboxylic acids is 1. The Hall–Kier alpha value is -1.85. The lowest BCUT2D eigenvalue weighted by atomic mass is 9.77. The van der Waals surface area contributed by atoms with Gasteiger partial charge in [-0.3, -0.25) is 9.59 Å². The number of ether oxygens (including phenoxy) is 1. The molecule has 1 amide bonds. The largest absolute Gasteiger partial charge is 0.481 e. The monoisotopic (exact) mass is 305 g/mol. The van der Waals surface area contributed by atoms with E-state index in [2.05, 4.69) is 0 Å². The van der Waals surface area contributed by atoms with Crippen LogP contribution < -0.4 is 4.90 Å². The molecule has 0 saturated carbocycles. The topological polar surface area (TPSA) is 66.8 Å². The molecular weight excluding hydrogens is 294 g/mol. The first-order valence-electron chi connectivity index (χ1n) is 6.69. The number of hydrogen-bond acceptors (Lipinski definition) is 3. The van der Waals surface area contributed by atoms with E-state index < -0.39 is 29.5 Å². The number of amides is 1. The van der Waals surface area contributed by atoms with E-state index in [0.717, 1.165) is 0 Å². The van der Waals surface area contributed by atoms with Gasteiger partial charge in [0.15, 0.2) is 0 Å². The molecule has 108 valence electrons. The van der Waals surface area contributed by atoms with Crippen molar-refractivity contribution in [2.45, 2.75) is 11.7 Å². The third kappa shape index (κ3) is 1.56. The van der Waals surface area contributed by atoms with Gasteiger partial charge in [-0.25, -0.2) is 0 Å². The van der Waals surface area contributed by atoms with Crippen LogP contribution in [0.2, 0.25) is 5.02 Å². The van der Waals surface area contributed by atoms with Crippen molar-refractivity contribution >= 4 is 29.2 Å². The number of fused-ring (bicyclic) bond motifs is 1. The molecule has 4 rings (SSSR count). The van der Waals surface area contributed by atoms with Gasteiger partial charge in [-0.2, -0.15) is 0 Å². The van der Waals surface area contributed by atoms with E-state index >= 15 is 0 Å². The van der Waals surface area contributed by atoms with Gasteiger partial charge < -0.3 is 14.7 Å². The van der Waals surface area contributed by atoms with Crippen molar-refractivity contribution in [3.8, 4) is 0 Å². The first kappa shape index (κ1) is 12.9. The van der Waals surface area contributed by atoms with E-state index in [0.29, 0.717) is 17.3 Å². The molecule has 3 aliphatic heterocycles. The van der Waals surface area contributed by atoms with Crippen LogP contribution in [0.5, 0.6) is 0 Å². The highest BCUT2D eigenvalue weighted by atomic mass is 35.5. The van der Waals surface area contributed by atoms with Gasteiger partial charge in [0.05, 0.1) is 29.3 Å². The van der Waals surface area contributed by atoms with E-state index in [-0.39, 0.29) is 5.91 Å². The molecule has 1 aromatic carbocycles. The minimum atomic E-state index is -0.995. The van der Waals surface area contributed by atoms with E-state index in [9.17, 15) is 14.7 Å². The lowest BCUT2D eigenvalue weighted by Crippen LogP contribution is -2.39. The fraction of sp³-hybridized carbons (Fsp3) is 0.333. The van der Waals surface area contributed by atoms with Crippen molar-refractivity contribution in [1.29, 1.82) is 0 Å². The van der Waals surface area contributed by atoms with E-state index in [1.807, 2.05) is 6.08 Å². The molecule has 3 aliphatic rings. The predicted octanol–water partition coefficient (Wildman–Crippen LogP) is 1.71. The number of para-hydroxylation sites is 1. The number of halogens is 1. The van der Waals surface area contributed by atoms with Crippen molar-refractivity contribution < 1.29 is 19.4 Å². The van der Waals surface area contributed by atoms with Gasteiger partial charge in [0.2, 0.25) is 5.91 Å². The lowest BCUT2D eigenvalue weighted by molar-refractivity contribution is -0.146. The number of carbonyl (C=O) groups excluding carboxylic acids is 1. The minimum absolute atomic E-state index is 0.234. The van der Waals surface area contributed by atoms with Gasteiger partial charge >= 0.3 is 5.97 Å². The highest BCUT2D eigenvalue weighted by Gasteiger charge is 2.67. The molecule has 0 aromatic heterocycles. The Morgan fingerprint density at radius 1 is 1.43 bits per heavy atom. The summed E-state index contributed by atoms with van der Waals surface area (Å²) in [6, 6.07) is 7.04. The maximum Gasteiger partial charge on any atom is 0.310 e. The van der Waals surface area contributed by atoms with Gasteiger partial charge in [0.25, 0.3) is 0 Å². The maximum absolute atomic E-state index is 12.7. The fourth-order valence-electron chi connectivity index (χ4n) is 3.65. The second kappa shape index (κ2) is 4.08. The summed E-state index contributed by atoms with van der Waals surface area (Å²) in [5.74, 6) is -2.73. The molecule has 0 aliphatic carbocycles. The number of anilines is 1. The predicted molar refractivity (Wildman–Crippen MR) is 75.2 cm³/mol. The molecule has 4 atom stereocenters. The number of aliphatic carboxylic acids is 1. The lowest BCUT2D eigenvalue weighted by Gasteiger charge is -2.22. The van der Waals surface area contributed by atoms with Gasteiger partial charge in [-0.15, -0.1) is 0 Å². The summed E-state index contributed by atoms with van der Waals surface area (Å²) in [5.41, 5.74) is -0.234. The summed E-state index contributed by atoms with van der Waals surface area (Å²) in [7, 11) is 0. The van der Waals surface area contributed by atoms with E-state index in [1.54, 1.807) is 30.3 Å². The standard InChI is InChI=1S/C15H12ClNO4/c16-8-3-1-2-4-9(8)17-7-15-6-5-10(21-15)11(14(19)20)12(15)13(17)18/h1-6,10-12H,7H2,(H,19,20). The van der Waals surface area contributed by atoms with Crippen LogP contribution in [0.15, 0.2) is 36.4 Å².